The van der Waals surface area contributed by atoms with E-state index < -0.39 is 0 Å². The molecular formula is C20H21Cl2NO3. The molecule has 0 heterocycles. The highest BCUT2D eigenvalue weighted by molar-refractivity contribution is 6.42. The monoisotopic (exact) mass is 393 g/mol. The van der Waals surface area contributed by atoms with Gasteiger partial charge in [0.25, 0.3) is 0 Å². The van der Waals surface area contributed by atoms with Gasteiger partial charge in [-0.3, -0.25) is 0 Å². The number of carbonyl (C=O) groups excluding carboxylic acids is 1. The molecule has 0 aliphatic heterocycles. The Bertz CT molecular complexity index is 789. The molecule has 0 aromatic heterocycles. The molecule has 3 rings (SSSR count). The lowest BCUT2D eigenvalue weighted by Crippen LogP contribution is -2.21. The zero-order valence-electron chi connectivity index (χ0n) is 14.3. The number of nitrogen functional groups attached to an aromatic ring is 1. The van der Waals surface area contributed by atoms with E-state index in [1.807, 2.05) is 6.07 Å². The Morgan fingerprint density at radius 3 is 2.54 bits per heavy atom. The lowest BCUT2D eigenvalue weighted by Gasteiger charge is -2.22. The van der Waals surface area contributed by atoms with Crippen molar-refractivity contribution in [2.75, 3.05) is 5.73 Å². The average molecular weight is 394 g/mol. The Morgan fingerprint density at radius 1 is 1.04 bits per heavy atom. The van der Waals surface area contributed by atoms with Crippen molar-refractivity contribution in [3.63, 3.8) is 0 Å². The van der Waals surface area contributed by atoms with Crippen LogP contribution >= 0.6 is 23.2 Å². The van der Waals surface area contributed by atoms with E-state index in [-0.39, 0.29) is 18.7 Å². The second-order valence-electron chi connectivity index (χ2n) is 6.46. The van der Waals surface area contributed by atoms with E-state index in [9.17, 15) is 4.79 Å². The van der Waals surface area contributed by atoms with Crippen molar-refractivity contribution in [3.05, 3.63) is 57.6 Å². The maximum atomic E-state index is 12.4. The summed E-state index contributed by atoms with van der Waals surface area (Å²) in [5.74, 6) is 0.102. The molecule has 2 aromatic rings. The van der Waals surface area contributed by atoms with Crippen molar-refractivity contribution >= 4 is 34.9 Å². The molecule has 1 saturated carbocycles. The first-order chi connectivity index (χ1) is 12.5. The summed E-state index contributed by atoms with van der Waals surface area (Å²) in [5.41, 5.74) is 7.72. The normalized spacial score (nSPS) is 14.8. The third kappa shape index (κ3) is 4.83. The molecule has 0 unspecified atom stereocenters. The average Bonchev–Trinajstić information content (AvgIpc) is 2.64. The summed E-state index contributed by atoms with van der Waals surface area (Å²) in [7, 11) is 0. The number of esters is 1. The molecule has 2 aromatic carbocycles. The lowest BCUT2D eigenvalue weighted by molar-refractivity contribution is 0.0211. The zero-order valence-corrected chi connectivity index (χ0v) is 15.9. The van der Waals surface area contributed by atoms with Gasteiger partial charge < -0.3 is 15.2 Å². The van der Waals surface area contributed by atoms with Gasteiger partial charge in [-0.2, -0.15) is 0 Å². The molecule has 6 heteroatoms. The maximum absolute atomic E-state index is 12.4. The summed E-state index contributed by atoms with van der Waals surface area (Å²) >= 11 is 11.9. The van der Waals surface area contributed by atoms with Gasteiger partial charge in [0.05, 0.1) is 21.3 Å². The fourth-order valence-corrected chi connectivity index (χ4v) is 3.30. The third-order valence-electron chi connectivity index (χ3n) is 4.45. The van der Waals surface area contributed by atoms with Crippen molar-refractivity contribution in [1.82, 2.24) is 0 Å². The van der Waals surface area contributed by atoms with Crippen molar-refractivity contribution in [2.45, 2.75) is 44.8 Å². The predicted molar refractivity (Wildman–Crippen MR) is 104 cm³/mol. The molecule has 1 aliphatic carbocycles. The summed E-state index contributed by atoms with van der Waals surface area (Å²) in [6, 6.07) is 10.2. The van der Waals surface area contributed by atoms with Crippen molar-refractivity contribution in [1.29, 1.82) is 0 Å². The van der Waals surface area contributed by atoms with Crippen molar-refractivity contribution < 1.29 is 14.3 Å². The van der Waals surface area contributed by atoms with Gasteiger partial charge >= 0.3 is 5.97 Å². The number of anilines is 1. The maximum Gasteiger partial charge on any atom is 0.338 e. The summed E-state index contributed by atoms with van der Waals surface area (Å²) in [6.07, 6.45) is 5.30. The first kappa shape index (κ1) is 18.9. The SMILES string of the molecule is Nc1ccc(C(=O)OC2CCCCC2)cc1OCc1ccc(Cl)c(Cl)c1. The quantitative estimate of drug-likeness (QED) is 0.526. The van der Waals surface area contributed by atoms with E-state index in [2.05, 4.69) is 0 Å². The number of rotatable bonds is 5. The van der Waals surface area contributed by atoms with Crippen LogP contribution in [0.15, 0.2) is 36.4 Å². The zero-order chi connectivity index (χ0) is 18.5. The van der Waals surface area contributed by atoms with Gasteiger partial charge in [0, 0.05) is 0 Å². The molecule has 1 aliphatic rings. The van der Waals surface area contributed by atoms with Crippen LogP contribution in [0.1, 0.15) is 48.0 Å². The molecule has 4 nitrogen and oxygen atoms in total. The van der Waals surface area contributed by atoms with E-state index in [0.29, 0.717) is 27.0 Å². The first-order valence-corrected chi connectivity index (χ1v) is 9.46. The fourth-order valence-electron chi connectivity index (χ4n) is 2.98. The molecule has 0 amide bonds. The van der Waals surface area contributed by atoms with Crippen LogP contribution in [0.25, 0.3) is 0 Å². The summed E-state index contributed by atoms with van der Waals surface area (Å²) in [5, 5.41) is 0.952. The Morgan fingerprint density at radius 2 is 1.81 bits per heavy atom. The van der Waals surface area contributed by atoms with Gasteiger partial charge in [0.1, 0.15) is 18.5 Å². The molecule has 1 fully saturated rings. The minimum atomic E-state index is -0.337. The molecule has 0 atom stereocenters. The van der Waals surface area contributed by atoms with Crippen LogP contribution in [0.4, 0.5) is 5.69 Å². The van der Waals surface area contributed by atoms with Crippen LogP contribution in [-0.4, -0.2) is 12.1 Å². The highest BCUT2D eigenvalue weighted by Gasteiger charge is 2.19. The second kappa shape index (κ2) is 8.65. The number of ether oxygens (including phenoxy) is 2. The molecule has 0 bridgehead atoms. The molecule has 2 N–H and O–H groups in total. The van der Waals surface area contributed by atoms with Crippen LogP contribution in [-0.2, 0) is 11.3 Å². The fraction of sp³-hybridized carbons (Fsp3) is 0.350. The van der Waals surface area contributed by atoms with Crippen LogP contribution in [0, 0.1) is 0 Å². The predicted octanol–water partition coefficient (Wildman–Crippen LogP) is 5.64. The Balaban J connectivity index is 1.66. The number of nitrogens with two attached hydrogens (primary N) is 1. The Hall–Kier alpha value is -1.91. The molecule has 0 saturated heterocycles. The van der Waals surface area contributed by atoms with Crippen LogP contribution in [0.2, 0.25) is 10.0 Å². The smallest absolute Gasteiger partial charge is 0.338 e. The number of hydrogen-bond acceptors (Lipinski definition) is 4. The van der Waals surface area contributed by atoms with Gasteiger partial charge in [-0.1, -0.05) is 35.7 Å². The lowest BCUT2D eigenvalue weighted by atomic mass is 9.98. The van der Waals surface area contributed by atoms with E-state index >= 15 is 0 Å². The van der Waals surface area contributed by atoms with E-state index in [1.165, 1.54) is 6.42 Å². The minimum absolute atomic E-state index is 0.00869. The molecule has 138 valence electrons. The number of benzene rings is 2. The third-order valence-corrected chi connectivity index (χ3v) is 5.19. The highest BCUT2D eigenvalue weighted by Crippen LogP contribution is 2.27. The van der Waals surface area contributed by atoms with Crippen LogP contribution in [0.3, 0.4) is 0 Å². The van der Waals surface area contributed by atoms with Crippen molar-refractivity contribution in [3.8, 4) is 5.75 Å². The molecule has 0 spiro atoms. The van der Waals surface area contributed by atoms with E-state index in [0.717, 1.165) is 31.2 Å². The van der Waals surface area contributed by atoms with E-state index in [4.69, 9.17) is 38.4 Å². The number of halogens is 2. The largest absolute Gasteiger partial charge is 0.487 e. The van der Waals surface area contributed by atoms with Crippen LogP contribution in [0.5, 0.6) is 5.75 Å². The number of carbonyl (C=O) groups is 1. The summed E-state index contributed by atoms with van der Waals surface area (Å²) in [6.45, 7) is 0.266. The molecule has 0 radical (unpaired) electrons. The van der Waals surface area contributed by atoms with Gasteiger partial charge in [0.15, 0.2) is 0 Å². The first-order valence-electron chi connectivity index (χ1n) is 8.70. The minimum Gasteiger partial charge on any atom is -0.487 e. The Labute approximate surface area is 163 Å². The Kier molecular flexibility index (Phi) is 6.28. The van der Waals surface area contributed by atoms with Crippen LogP contribution < -0.4 is 10.5 Å². The summed E-state index contributed by atoms with van der Waals surface area (Å²) in [4.78, 5) is 12.4. The summed E-state index contributed by atoms with van der Waals surface area (Å²) < 4.78 is 11.4. The van der Waals surface area contributed by atoms with Gasteiger partial charge in [-0.05, 0) is 61.6 Å². The topological polar surface area (TPSA) is 61.6 Å². The van der Waals surface area contributed by atoms with Gasteiger partial charge in [-0.15, -0.1) is 0 Å². The van der Waals surface area contributed by atoms with Gasteiger partial charge in [-0.25, -0.2) is 4.79 Å². The van der Waals surface area contributed by atoms with E-state index in [1.54, 1.807) is 30.3 Å². The second-order valence-corrected chi connectivity index (χ2v) is 7.27. The highest BCUT2D eigenvalue weighted by atomic mass is 35.5. The van der Waals surface area contributed by atoms with Gasteiger partial charge in [0.2, 0.25) is 0 Å². The standard InChI is InChI=1S/C20H21Cl2NO3/c21-16-8-6-13(10-17(16)22)12-25-19-11-14(7-9-18(19)23)20(24)26-15-4-2-1-3-5-15/h6-11,15H,1-5,12,23H2. The molecule has 26 heavy (non-hydrogen) atoms. The van der Waals surface area contributed by atoms with Crippen molar-refractivity contribution in [2.24, 2.45) is 0 Å². The number of hydrogen-bond donors (Lipinski definition) is 1. The molecular weight excluding hydrogens is 373 g/mol.